The van der Waals surface area contributed by atoms with Crippen LogP contribution in [-0.2, 0) is 17.6 Å². The summed E-state index contributed by atoms with van der Waals surface area (Å²) in [5.74, 6) is 0.210. The third-order valence-corrected chi connectivity index (χ3v) is 7.28. The van der Waals surface area contributed by atoms with E-state index in [0.29, 0.717) is 11.7 Å². The molecule has 0 radical (unpaired) electrons. The Kier molecular flexibility index (Phi) is 6.06. The number of nitrogens with one attached hydrogen (secondary N) is 1. The monoisotopic (exact) mass is 427 g/mol. The lowest BCUT2D eigenvalue weighted by molar-refractivity contribution is -0.118. The zero-order valence-corrected chi connectivity index (χ0v) is 18.4. The minimum Gasteiger partial charge on any atom is -0.355 e. The van der Waals surface area contributed by atoms with Gasteiger partial charge < -0.3 is 5.32 Å². The van der Waals surface area contributed by atoms with E-state index in [9.17, 15) is 9.59 Å². The van der Waals surface area contributed by atoms with Gasteiger partial charge in [-0.2, -0.15) is 0 Å². The molecule has 7 heteroatoms. The van der Waals surface area contributed by atoms with Gasteiger partial charge >= 0.3 is 0 Å². The van der Waals surface area contributed by atoms with Gasteiger partial charge in [0.05, 0.1) is 16.8 Å². The highest BCUT2D eigenvalue weighted by Gasteiger charge is 2.23. The highest BCUT2D eigenvalue weighted by Crippen LogP contribution is 2.35. The second-order valence-corrected chi connectivity index (χ2v) is 9.43. The average molecular weight is 428 g/mol. The Labute approximate surface area is 178 Å². The SMILES string of the molecule is CCCNC(=O)CSc1nc2sc3c(c2c(=O)n1-c1ccc(C)cc1)CCCC3. The molecule has 0 atom stereocenters. The summed E-state index contributed by atoms with van der Waals surface area (Å²) in [6.07, 6.45) is 5.17. The standard InChI is InChI=1S/C22H25N3O2S2/c1-3-12-23-18(26)13-28-22-24-20-19(16-6-4-5-7-17(16)29-20)21(27)25(22)15-10-8-14(2)9-11-15/h8-11H,3-7,12-13H2,1-2H3,(H,23,26). The van der Waals surface area contributed by atoms with Crippen LogP contribution in [-0.4, -0.2) is 27.8 Å². The molecule has 152 valence electrons. The molecule has 1 aliphatic rings. The number of amides is 1. The van der Waals surface area contributed by atoms with E-state index < -0.39 is 0 Å². The summed E-state index contributed by atoms with van der Waals surface area (Å²) < 4.78 is 1.68. The topological polar surface area (TPSA) is 64.0 Å². The van der Waals surface area contributed by atoms with E-state index in [0.717, 1.165) is 47.2 Å². The molecule has 0 saturated carbocycles. The third-order valence-electron chi connectivity index (χ3n) is 5.15. The van der Waals surface area contributed by atoms with Gasteiger partial charge in [-0.15, -0.1) is 11.3 Å². The van der Waals surface area contributed by atoms with Crippen molar-refractivity contribution in [3.63, 3.8) is 0 Å². The Morgan fingerprint density at radius 3 is 2.76 bits per heavy atom. The predicted octanol–water partition coefficient (Wildman–Crippen LogP) is 4.25. The van der Waals surface area contributed by atoms with E-state index in [1.54, 1.807) is 15.9 Å². The first-order chi connectivity index (χ1) is 14.1. The fourth-order valence-corrected chi connectivity index (χ4v) is 5.80. The quantitative estimate of drug-likeness (QED) is 0.472. The van der Waals surface area contributed by atoms with Crippen molar-refractivity contribution in [2.75, 3.05) is 12.3 Å². The number of benzene rings is 1. The zero-order chi connectivity index (χ0) is 20.4. The van der Waals surface area contributed by atoms with Crippen LogP contribution in [0.4, 0.5) is 0 Å². The van der Waals surface area contributed by atoms with Gasteiger partial charge in [-0.25, -0.2) is 4.98 Å². The first-order valence-electron chi connectivity index (χ1n) is 10.1. The molecule has 0 aliphatic heterocycles. The maximum Gasteiger partial charge on any atom is 0.267 e. The van der Waals surface area contributed by atoms with Crippen molar-refractivity contribution in [2.24, 2.45) is 0 Å². The van der Waals surface area contributed by atoms with Crippen LogP contribution in [0.3, 0.4) is 0 Å². The van der Waals surface area contributed by atoms with Crippen molar-refractivity contribution in [1.29, 1.82) is 0 Å². The summed E-state index contributed by atoms with van der Waals surface area (Å²) in [6, 6.07) is 7.89. The second kappa shape index (κ2) is 8.71. The van der Waals surface area contributed by atoms with Gasteiger partial charge in [0.15, 0.2) is 5.16 Å². The summed E-state index contributed by atoms with van der Waals surface area (Å²) in [6.45, 7) is 4.71. The number of thioether (sulfide) groups is 1. The minimum absolute atomic E-state index is 0.0188. The predicted molar refractivity (Wildman–Crippen MR) is 121 cm³/mol. The van der Waals surface area contributed by atoms with Crippen molar-refractivity contribution < 1.29 is 4.79 Å². The Bertz CT molecular complexity index is 1100. The smallest absolute Gasteiger partial charge is 0.267 e. The first-order valence-corrected chi connectivity index (χ1v) is 11.9. The van der Waals surface area contributed by atoms with E-state index in [1.807, 2.05) is 38.1 Å². The normalized spacial score (nSPS) is 13.4. The number of rotatable bonds is 6. The summed E-state index contributed by atoms with van der Waals surface area (Å²) in [4.78, 5) is 32.7. The number of hydrogen-bond donors (Lipinski definition) is 1. The Morgan fingerprint density at radius 1 is 1.24 bits per heavy atom. The van der Waals surface area contributed by atoms with Crippen molar-refractivity contribution >= 4 is 39.2 Å². The van der Waals surface area contributed by atoms with Crippen LogP contribution in [0.2, 0.25) is 0 Å². The first kappa shape index (κ1) is 20.2. The molecule has 2 aromatic heterocycles. The maximum absolute atomic E-state index is 13.6. The molecule has 0 fully saturated rings. The van der Waals surface area contributed by atoms with Gasteiger partial charge in [-0.1, -0.05) is 36.4 Å². The summed E-state index contributed by atoms with van der Waals surface area (Å²) in [5, 5.41) is 4.24. The summed E-state index contributed by atoms with van der Waals surface area (Å²) in [7, 11) is 0. The van der Waals surface area contributed by atoms with Gasteiger partial charge in [0, 0.05) is 11.4 Å². The number of fused-ring (bicyclic) bond motifs is 3. The van der Waals surface area contributed by atoms with E-state index in [1.165, 1.54) is 28.6 Å². The van der Waals surface area contributed by atoms with Crippen LogP contribution < -0.4 is 10.9 Å². The highest BCUT2D eigenvalue weighted by atomic mass is 32.2. The molecule has 1 aromatic carbocycles. The molecule has 0 saturated heterocycles. The minimum atomic E-state index is -0.0351. The molecule has 0 bridgehead atoms. The lowest BCUT2D eigenvalue weighted by Gasteiger charge is -2.14. The molecular weight excluding hydrogens is 402 g/mol. The molecule has 29 heavy (non-hydrogen) atoms. The number of carbonyl (C=O) groups is 1. The zero-order valence-electron chi connectivity index (χ0n) is 16.8. The number of aromatic nitrogens is 2. The Balaban J connectivity index is 1.81. The van der Waals surface area contributed by atoms with Crippen LogP contribution in [0.5, 0.6) is 0 Å². The van der Waals surface area contributed by atoms with Gasteiger partial charge in [0.25, 0.3) is 5.56 Å². The molecule has 0 spiro atoms. The number of aryl methyl sites for hydroxylation is 3. The number of carbonyl (C=O) groups excluding carboxylic acids is 1. The molecular formula is C22H25N3O2S2. The number of nitrogens with zero attached hydrogens (tertiary/aromatic N) is 2. The largest absolute Gasteiger partial charge is 0.355 e. The Hall–Kier alpha value is -2.12. The number of thiophene rings is 1. The van der Waals surface area contributed by atoms with Crippen LogP contribution in [0.25, 0.3) is 15.9 Å². The summed E-state index contributed by atoms with van der Waals surface area (Å²) in [5.41, 5.74) is 3.10. The summed E-state index contributed by atoms with van der Waals surface area (Å²) >= 11 is 2.97. The van der Waals surface area contributed by atoms with Gasteiger partial charge in [0.2, 0.25) is 5.91 Å². The molecule has 1 N–H and O–H groups in total. The molecule has 4 rings (SSSR count). The van der Waals surface area contributed by atoms with Crippen molar-refractivity contribution in [1.82, 2.24) is 14.9 Å². The fourth-order valence-electron chi connectivity index (χ4n) is 3.65. The molecule has 5 nitrogen and oxygen atoms in total. The highest BCUT2D eigenvalue weighted by molar-refractivity contribution is 7.99. The third kappa shape index (κ3) is 4.12. The molecule has 3 aromatic rings. The van der Waals surface area contributed by atoms with Crippen LogP contribution in [0, 0.1) is 6.92 Å². The lowest BCUT2D eigenvalue weighted by atomic mass is 9.97. The molecule has 0 unspecified atom stereocenters. The van der Waals surface area contributed by atoms with E-state index >= 15 is 0 Å². The fraction of sp³-hybridized carbons (Fsp3) is 0.409. The van der Waals surface area contributed by atoms with E-state index in [-0.39, 0.29) is 17.2 Å². The molecule has 2 heterocycles. The average Bonchev–Trinajstić information content (AvgIpc) is 3.10. The van der Waals surface area contributed by atoms with Crippen molar-refractivity contribution in [3.05, 3.63) is 50.6 Å². The van der Waals surface area contributed by atoms with Gasteiger partial charge in [0.1, 0.15) is 4.83 Å². The maximum atomic E-state index is 13.6. The Morgan fingerprint density at radius 2 is 2.00 bits per heavy atom. The van der Waals surface area contributed by atoms with E-state index in [4.69, 9.17) is 4.98 Å². The van der Waals surface area contributed by atoms with Crippen LogP contribution in [0.1, 0.15) is 42.2 Å². The van der Waals surface area contributed by atoms with Crippen molar-refractivity contribution in [2.45, 2.75) is 51.1 Å². The van der Waals surface area contributed by atoms with Gasteiger partial charge in [-0.3, -0.25) is 14.2 Å². The lowest BCUT2D eigenvalue weighted by Crippen LogP contribution is -2.27. The van der Waals surface area contributed by atoms with Crippen LogP contribution >= 0.6 is 23.1 Å². The van der Waals surface area contributed by atoms with Gasteiger partial charge in [-0.05, 0) is 56.7 Å². The van der Waals surface area contributed by atoms with E-state index in [2.05, 4.69) is 5.32 Å². The number of hydrogen-bond acceptors (Lipinski definition) is 5. The molecule has 1 aliphatic carbocycles. The molecule has 1 amide bonds. The van der Waals surface area contributed by atoms with Crippen molar-refractivity contribution in [3.8, 4) is 5.69 Å². The van der Waals surface area contributed by atoms with Crippen LogP contribution in [0.15, 0.2) is 34.2 Å². The second-order valence-electron chi connectivity index (χ2n) is 7.40.